The molecule has 12 nitrogen and oxygen atoms in total. The van der Waals surface area contributed by atoms with E-state index >= 15 is 0 Å². The van der Waals surface area contributed by atoms with Crippen LogP contribution in [0.2, 0.25) is 0 Å². The number of ether oxygens (including phenoxy) is 3. The second-order valence-electron chi connectivity index (χ2n) is 7.78. The van der Waals surface area contributed by atoms with E-state index < -0.39 is 66.4 Å². The summed E-state index contributed by atoms with van der Waals surface area (Å²) in [6, 6.07) is 4.72. The van der Waals surface area contributed by atoms with Crippen LogP contribution in [0.1, 0.15) is 28.4 Å². The standard InChI is InChI=1S/C21H22O12/c22-6-14-17(27)19(29)20(30)21(33-14)32-13-5-12-15(18(28)16(13)26)10(25)4-11(31-12)7-1-8(23)3-9(24)2-7/h1-3,5,11,14,17,19-24,26-30H,4,6H2/t11?,14-,17-,19+,20-,21-/m1/s1. The third-order valence-corrected chi connectivity index (χ3v) is 5.51. The van der Waals surface area contributed by atoms with Crippen LogP contribution < -0.4 is 9.47 Å². The van der Waals surface area contributed by atoms with Crippen LogP contribution in [0.5, 0.6) is 34.5 Å². The number of carbonyl (C=O) groups is 1. The molecule has 1 fully saturated rings. The average Bonchev–Trinajstić information content (AvgIpc) is 2.76. The van der Waals surface area contributed by atoms with Crippen molar-refractivity contribution in [3.05, 3.63) is 35.4 Å². The Morgan fingerprint density at radius 1 is 0.909 bits per heavy atom. The summed E-state index contributed by atoms with van der Waals surface area (Å²) in [5.41, 5.74) is -0.0512. The molecule has 1 saturated heterocycles. The number of fused-ring (bicyclic) bond motifs is 1. The largest absolute Gasteiger partial charge is 0.508 e. The second-order valence-corrected chi connectivity index (χ2v) is 7.78. The van der Waals surface area contributed by atoms with Gasteiger partial charge in [-0.15, -0.1) is 0 Å². The SMILES string of the molecule is O=C1CC(c2cc(O)cc(O)c2)Oc2cc(O[C@@H]3O[C@H](CO)[C@@H](O)[C@H](O)[C@H]3O)c(O)c(O)c21. The summed E-state index contributed by atoms with van der Waals surface area (Å²) >= 11 is 0. The highest BCUT2D eigenvalue weighted by atomic mass is 16.7. The molecule has 0 amide bonds. The predicted molar refractivity (Wildman–Crippen MR) is 106 cm³/mol. The first-order chi connectivity index (χ1) is 15.6. The zero-order valence-electron chi connectivity index (χ0n) is 16.9. The fourth-order valence-electron chi connectivity index (χ4n) is 3.81. The lowest BCUT2D eigenvalue weighted by atomic mass is 9.95. The number of phenols is 4. The van der Waals surface area contributed by atoms with Crippen molar-refractivity contribution in [3.8, 4) is 34.5 Å². The van der Waals surface area contributed by atoms with Crippen molar-refractivity contribution in [1.82, 2.24) is 0 Å². The molecule has 33 heavy (non-hydrogen) atoms. The van der Waals surface area contributed by atoms with Crippen molar-refractivity contribution in [2.24, 2.45) is 0 Å². The second kappa shape index (κ2) is 8.57. The maximum atomic E-state index is 12.7. The van der Waals surface area contributed by atoms with Gasteiger partial charge in [-0.1, -0.05) is 0 Å². The summed E-state index contributed by atoms with van der Waals surface area (Å²) in [5, 5.41) is 79.4. The van der Waals surface area contributed by atoms with Gasteiger partial charge < -0.3 is 55.1 Å². The average molecular weight is 466 g/mol. The molecule has 12 heteroatoms. The highest BCUT2D eigenvalue weighted by molar-refractivity contribution is 6.03. The minimum atomic E-state index is -1.79. The van der Waals surface area contributed by atoms with Crippen molar-refractivity contribution >= 4 is 5.78 Å². The van der Waals surface area contributed by atoms with E-state index in [0.717, 1.165) is 12.1 Å². The van der Waals surface area contributed by atoms with E-state index in [1.807, 2.05) is 0 Å². The molecule has 2 aliphatic rings. The fourth-order valence-corrected chi connectivity index (χ4v) is 3.81. The van der Waals surface area contributed by atoms with E-state index in [1.54, 1.807) is 0 Å². The van der Waals surface area contributed by atoms with Gasteiger partial charge in [0.1, 0.15) is 53.3 Å². The van der Waals surface area contributed by atoms with Crippen LogP contribution in [0.4, 0.5) is 0 Å². The molecule has 178 valence electrons. The molecule has 2 heterocycles. The van der Waals surface area contributed by atoms with Crippen molar-refractivity contribution in [1.29, 1.82) is 0 Å². The molecule has 0 spiro atoms. The Balaban J connectivity index is 1.66. The molecule has 0 aromatic heterocycles. The van der Waals surface area contributed by atoms with Gasteiger partial charge in [0.05, 0.1) is 13.0 Å². The first-order valence-electron chi connectivity index (χ1n) is 9.89. The van der Waals surface area contributed by atoms with Crippen LogP contribution >= 0.6 is 0 Å². The lowest BCUT2D eigenvalue weighted by molar-refractivity contribution is -0.277. The number of ketones is 1. The van der Waals surface area contributed by atoms with Crippen LogP contribution in [-0.2, 0) is 4.74 Å². The number of hydrogen-bond donors (Lipinski definition) is 8. The number of carbonyl (C=O) groups excluding carboxylic acids is 1. The summed E-state index contributed by atoms with van der Waals surface area (Å²) in [6.07, 6.45) is -9.32. The van der Waals surface area contributed by atoms with Gasteiger partial charge in [0.25, 0.3) is 0 Å². The number of aliphatic hydroxyl groups excluding tert-OH is 4. The molecule has 0 saturated carbocycles. The van der Waals surface area contributed by atoms with Crippen LogP contribution in [-0.4, -0.2) is 83.9 Å². The summed E-state index contributed by atoms with van der Waals surface area (Å²) < 4.78 is 16.3. The smallest absolute Gasteiger partial charge is 0.229 e. The minimum absolute atomic E-state index is 0.200. The maximum Gasteiger partial charge on any atom is 0.229 e. The monoisotopic (exact) mass is 466 g/mol. The molecule has 2 aliphatic heterocycles. The van der Waals surface area contributed by atoms with E-state index in [2.05, 4.69) is 0 Å². The molecular formula is C21H22O12. The molecule has 2 aromatic rings. The molecule has 8 N–H and O–H groups in total. The number of aliphatic hydroxyl groups is 4. The van der Waals surface area contributed by atoms with Crippen molar-refractivity contribution in [2.45, 2.75) is 43.2 Å². The fraction of sp³-hybridized carbons (Fsp3) is 0.381. The minimum Gasteiger partial charge on any atom is -0.508 e. The van der Waals surface area contributed by atoms with Gasteiger partial charge >= 0.3 is 0 Å². The molecule has 6 atom stereocenters. The van der Waals surface area contributed by atoms with Gasteiger partial charge in [0.15, 0.2) is 17.3 Å². The molecule has 1 unspecified atom stereocenters. The molecule has 2 aromatic carbocycles. The molecule has 0 bridgehead atoms. The Kier molecular flexibility index (Phi) is 5.95. The summed E-state index contributed by atoms with van der Waals surface area (Å²) in [7, 11) is 0. The van der Waals surface area contributed by atoms with Gasteiger partial charge in [-0.25, -0.2) is 0 Å². The molecule has 0 radical (unpaired) electrons. The quantitative estimate of drug-likeness (QED) is 0.266. The Labute approximate surface area is 186 Å². The van der Waals surface area contributed by atoms with E-state index in [9.17, 15) is 45.6 Å². The highest BCUT2D eigenvalue weighted by Crippen LogP contribution is 2.49. The van der Waals surface area contributed by atoms with Crippen molar-refractivity contribution in [2.75, 3.05) is 6.61 Å². The zero-order chi connectivity index (χ0) is 24.0. The number of Topliss-reactive ketones (excluding diaryl/α,β-unsaturated/α-hetero) is 1. The van der Waals surface area contributed by atoms with Gasteiger partial charge in [-0.2, -0.15) is 0 Å². The third kappa shape index (κ3) is 4.10. The highest BCUT2D eigenvalue weighted by Gasteiger charge is 2.45. The van der Waals surface area contributed by atoms with Crippen molar-refractivity contribution < 1.29 is 59.9 Å². The molecule has 4 rings (SSSR count). The summed E-state index contributed by atoms with van der Waals surface area (Å²) in [6.45, 7) is -0.706. The molecule has 0 aliphatic carbocycles. The lowest BCUT2D eigenvalue weighted by Crippen LogP contribution is -2.60. The van der Waals surface area contributed by atoms with Gasteiger partial charge in [0, 0.05) is 17.7 Å². The zero-order valence-corrected chi connectivity index (χ0v) is 16.9. The van der Waals surface area contributed by atoms with E-state index in [-0.39, 0.29) is 34.8 Å². The normalized spacial score (nSPS) is 29.3. The van der Waals surface area contributed by atoms with Crippen LogP contribution in [0.3, 0.4) is 0 Å². The number of benzene rings is 2. The number of rotatable bonds is 4. The van der Waals surface area contributed by atoms with Crippen molar-refractivity contribution in [3.63, 3.8) is 0 Å². The Hall–Kier alpha value is -3.29. The summed E-state index contributed by atoms with van der Waals surface area (Å²) in [4.78, 5) is 12.7. The Morgan fingerprint density at radius 3 is 2.21 bits per heavy atom. The molecular weight excluding hydrogens is 444 g/mol. The topological polar surface area (TPSA) is 207 Å². The Morgan fingerprint density at radius 2 is 1.58 bits per heavy atom. The van der Waals surface area contributed by atoms with Gasteiger partial charge in [0.2, 0.25) is 12.0 Å². The maximum absolute atomic E-state index is 12.7. The first kappa shape index (κ1) is 22.9. The van der Waals surface area contributed by atoms with E-state index in [0.29, 0.717) is 0 Å². The van der Waals surface area contributed by atoms with E-state index in [1.165, 1.54) is 12.1 Å². The number of phenolic OH excluding ortho intramolecular Hbond substituents is 4. The van der Waals surface area contributed by atoms with Crippen LogP contribution in [0.15, 0.2) is 24.3 Å². The van der Waals surface area contributed by atoms with Crippen LogP contribution in [0.25, 0.3) is 0 Å². The van der Waals surface area contributed by atoms with Crippen LogP contribution in [0, 0.1) is 0 Å². The summed E-state index contributed by atoms with van der Waals surface area (Å²) in [5.74, 6) is -3.52. The van der Waals surface area contributed by atoms with Gasteiger partial charge in [-0.3, -0.25) is 4.79 Å². The number of aromatic hydroxyl groups is 4. The third-order valence-electron chi connectivity index (χ3n) is 5.51. The first-order valence-corrected chi connectivity index (χ1v) is 9.89. The van der Waals surface area contributed by atoms with E-state index in [4.69, 9.17) is 14.2 Å². The Bertz CT molecular complexity index is 1050. The number of hydrogen-bond acceptors (Lipinski definition) is 12. The lowest BCUT2D eigenvalue weighted by Gasteiger charge is -2.39. The van der Waals surface area contributed by atoms with Gasteiger partial charge in [-0.05, 0) is 12.1 Å². The predicted octanol–water partition coefficient (Wildman–Crippen LogP) is -0.606.